The number of rotatable bonds is 5. The Morgan fingerprint density at radius 2 is 2.19 bits per heavy atom. The Balaban J connectivity index is 2.25. The van der Waals surface area contributed by atoms with E-state index >= 15 is 0 Å². The van der Waals surface area contributed by atoms with Crippen molar-refractivity contribution >= 4 is 11.8 Å². The highest BCUT2D eigenvalue weighted by atomic mass is 16.2. The predicted molar refractivity (Wildman–Crippen MR) is 61.9 cm³/mol. The van der Waals surface area contributed by atoms with Crippen LogP contribution in [0.2, 0.25) is 0 Å². The zero-order valence-corrected chi connectivity index (χ0v) is 10.2. The summed E-state index contributed by atoms with van der Waals surface area (Å²) in [6.07, 6.45) is 0.460. The van der Waals surface area contributed by atoms with Crippen LogP contribution in [0.1, 0.15) is 27.2 Å². The fraction of sp³-hybridized carbons (Fsp3) is 0.818. The van der Waals surface area contributed by atoms with Crippen LogP contribution in [0.15, 0.2) is 0 Å². The van der Waals surface area contributed by atoms with Crippen molar-refractivity contribution in [2.45, 2.75) is 39.3 Å². The quantitative estimate of drug-likeness (QED) is 0.600. The number of nitrogens with one attached hydrogen (secondary N) is 3. The minimum atomic E-state index is -0.253. The molecule has 2 atom stereocenters. The molecule has 0 saturated carbocycles. The van der Waals surface area contributed by atoms with Crippen LogP contribution in [0.4, 0.5) is 0 Å². The van der Waals surface area contributed by atoms with Crippen LogP contribution in [0.3, 0.4) is 0 Å². The van der Waals surface area contributed by atoms with E-state index in [9.17, 15) is 9.59 Å². The largest absolute Gasteiger partial charge is 0.354 e. The lowest BCUT2D eigenvalue weighted by atomic mass is 10.2. The van der Waals surface area contributed by atoms with Crippen molar-refractivity contribution in [1.29, 1.82) is 0 Å². The average molecular weight is 227 g/mol. The Morgan fingerprint density at radius 1 is 1.50 bits per heavy atom. The number of hydrogen-bond acceptors (Lipinski definition) is 3. The van der Waals surface area contributed by atoms with Crippen LogP contribution in [0, 0.1) is 5.92 Å². The normalized spacial score (nSPS) is 22.0. The maximum Gasteiger partial charge on any atom is 0.236 e. The third-order valence-electron chi connectivity index (χ3n) is 2.54. The molecule has 2 amide bonds. The third kappa shape index (κ3) is 4.18. The summed E-state index contributed by atoms with van der Waals surface area (Å²) in [5, 5.41) is 8.73. The molecule has 0 bridgehead atoms. The highest BCUT2D eigenvalue weighted by molar-refractivity contribution is 5.82. The van der Waals surface area contributed by atoms with Gasteiger partial charge in [0.2, 0.25) is 11.8 Å². The van der Waals surface area contributed by atoms with Crippen molar-refractivity contribution in [2.24, 2.45) is 5.92 Å². The Labute approximate surface area is 96.4 Å². The summed E-state index contributed by atoms with van der Waals surface area (Å²) in [7, 11) is 0. The molecule has 0 aromatic carbocycles. The first-order chi connectivity index (χ1) is 7.49. The van der Waals surface area contributed by atoms with Gasteiger partial charge in [0.1, 0.15) is 0 Å². The van der Waals surface area contributed by atoms with Gasteiger partial charge in [0.15, 0.2) is 0 Å². The molecule has 92 valence electrons. The van der Waals surface area contributed by atoms with E-state index in [2.05, 4.69) is 29.8 Å². The van der Waals surface area contributed by atoms with Gasteiger partial charge in [-0.05, 0) is 12.8 Å². The van der Waals surface area contributed by atoms with Gasteiger partial charge >= 0.3 is 0 Å². The SMILES string of the molecule is CC(C)CNC(=O)C(C)NC1CNC(=O)C1. The standard InChI is InChI=1S/C11H21N3O2/c1-7(2)5-13-11(16)8(3)14-9-4-10(15)12-6-9/h7-9,14H,4-6H2,1-3H3,(H,12,15)(H,13,16). The van der Waals surface area contributed by atoms with Gasteiger partial charge in [-0.15, -0.1) is 0 Å². The molecule has 5 nitrogen and oxygen atoms in total. The molecule has 0 aliphatic carbocycles. The monoisotopic (exact) mass is 227 g/mol. The molecule has 1 aliphatic rings. The molecule has 1 heterocycles. The second-order valence-electron chi connectivity index (χ2n) is 4.73. The van der Waals surface area contributed by atoms with Crippen molar-refractivity contribution in [1.82, 2.24) is 16.0 Å². The first-order valence-corrected chi connectivity index (χ1v) is 5.79. The first kappa shape index (κ1) is 13.0. The summed E-state index contributed by atoms with van der Waals surface area (Å²) in [5.41, 5.74) is 0. The lowest BCUT2D eigenvalue weighted by Gasteiger charge is -2.18. The molecule has 0 radical (unpaired) electrons. The summed E-state index contributed by atoms with van der Waals surface area (Å²) in [6.45, 7) is 7.22. The van der Waals surface area contributed by atoms with Crippen LogP contribution in [0.5, 0.6) is 0 Å². The number of carbonyl (C=O) groups is 2. The molecule has 1 rings (SSSR count). The lowest BCUT2D eigenvalue weighted by Crippen LogP contribution is -2.47. The van der Waals surface area contributed by atoms with Gasteiger partial charge < -0.3 is 16.0 Å². The zero-order valence-electron chi connectivity index (χ0n) is 10.2. The highest BCUT2D eigenvalue weighted by Gasteiger charge is 2.24. The van der Waals surface area contributed by atoms with Crippen LogP contribution in [0.25, 0.3) is 0 Å². The van der Waals surface area contributed by atoms with Gasteiger partial charge in [0.25, 0.3) is 0 Å². The zero-order chi connectivity index (χ0) is 12.1. The van der Waals surface area contributed by atoms with Gasteiger partial charge in [-0.1, -0.05) is 13.8 Å². The van der Waals surface area contributed by atoms with Gasteiger partial charge in [0.05, 0.1) is 6.04 Å². The van der Waals surface area contributed by atoms with Crippen LogP contribution < -0.4 is 16.0 Å². The van der Waals surface area contributed by atoms with E-state index in [0.29, 0.717) is 25.4 Å². The molecule has 1 fully saturated rings. The molecule has 0 aromatic heterocycles. The van der Waals surface area contributed by atoms with Crippen LogP contribution in [-0.2, 0) is 9.59 Å². The van der Waals surface area contributed by atoms with E-state index in [1.165, 1.54) is 0 Å². The molecule has 16 heavy (non-hydrogen) atoms. The highest BCUT2D eigenvalue weighted by Crippen LogP contribution is 2.00. The van der Waals surface area contributed by atoms with E-state index in [1.807, 2.05) is 6.92 Å². The Hall–Kier alpha value is -1.10. The summed E-state index contributed by atoms with van der Waals surface area (Å²) >= 11 is 0. The molecular weight excluding hydrogens is 206 g/mol. The van der Waals surface area contributed by atoms with Crippen molar-refractivity contribution in [3.05, 3.63) is 0 Å². The van der Waals surface area contributed by atoms with Crippen molar-refractivity contribution in [3.8, 4) is 0 Å². The van der Waals surface area contributed by atoms with Gasteiger partial charge in [0, 0.05) is 25.6 Å². The van der Waals surface area contributed by atoms with E-state index < -0.39 is 0 Å². The third-order valence-corrected chi connectivity index (χ3v) is 2.54. The lowest BCUT2D eigenvalue weighted by molar-refractivity contribution is -0.123. The Kier molecular flexibility index (Phi) is 4.73. The van der Waals surface area contributed by atoms with Crippen LogP contribution >= 0.6 is 0 Å². The minimum Gasteiger partial charge on any atom is -0.354 e. The molecule has 3 N–H and O–H groups in total. The molecule has 5 heteroatoms. The van der Waals surface area contributed by atoms with E-state index in [0.717, 1.165) is 0 Å². The second-order valence-corrected chi connectivity index (χ2v) is 4.73. The van der Waals surface area contributed by atoms with E-state index in [-0.39, 0.29) is 23.9 Å². The Morgan fingerprint density at radius 3 is 2.69 bits per heavy atom. The summed E-state index contributed by atoms with van der Waals surface area (Å²) < 4.78 is 0. The Bertz CT molecular complexity index is 266. The van der Waals surface area contributed by atoms with Crippen molar-refractivity contribution in [2.75, 3.05) is 13.1 Å². The molecule has 0 spiro atoms. The molecule has 1 saturated heterocycles. The van der Waals surface area contributed by atoms with E-state index in [4.69, 9.17) is 0 Å². The minimum absolute atomic E-state index is 0.00644. The number of hydrogen-bond donors (Lipinski definition) is 3. The molecular formula is C11H21N3O2. The maximum atomic E-state index is 11.6. The van der Waals surface area contributed by atoms with Gasteiger partial charge in [-0.2, -0.15) is 0 Å². The maximum absolute atomic E-state index is 11.6. The molecule has 2 unspecified atom stereocenters. The topological polar surface area (TPSA) is 70.2 Å². The predicted octanol–water partition coefficient (Wildman–Crippen LogP) is -0.375. The van der Waals surface area contributed by atoms with Crippen molar-refractivity contribution < 1.29 is 9.59 Å². The summed E-state index contributed by atoms with van der Waals surface area (Å²) in [6, 6.07) is -0.177. The van der Waals surface area contributed by atoms with Gasteiger partial charge in [-0.25, -0.2) is 0 Å². The molecule has 1 aliphatic heterocycles. The first-order valence-electron chi connectivity index (χ1n) is 5.79. The van der Waals surface area contributed by atoms with Crippen LogP contribution in [-0.4, -0.2) is 37.0 Å². The fourth-order valence-corrected chi connectivity index (χ4v) is 1.61. The summed E-state index contributed by atoms with van der Waals surface area (Å²) in [5.74, 6) is 0.492. The average Bonchev–Trinajstić information content (AvgIpc) is 2.60. The number of amides is 2. The molecule has 0 aromatic rings. The van der Waals surface area contributed by atoms with E-state index in [1.54, 1.807) is 0 Å². The van der Waals surface area contributed by atoms with Gasteiger partial charge in [-0.3, -0.25) is 9.59 Å². The second kappa shape index (κ2) is 5.84. The summed E-state index contributed by atoms with van der Waals surface area (Å²) in [4.78, 5) is 22.6. The fourth-order valence-electron chi connectivity index (χ4n) is 1.61. The van der Waals surface area contributed by atoms with Crippen molar-refractivity contribution in [3.63, 3.8) is 0 Å². The number of carbonyl (C=O) groups excluding carboxylic acids is 2. The smallest absolute Gasteiger partial charge is 0.236 e.